The van der Waals surface area contributed by atoms with Gasteiger partial charge in [0, 0.05) is 16.1 Å². The molecule has 118 valence electrons. The Bertz CT molecular complexity index is 768. The first-order valence-corrected chi connectivity index (χ1v) is 7.79. The number of halogens is 2. The Kier molecular flexibility index (Phi) is 4.74. The minimum atomic E-state index is -0.265. The van der Waals surface area contributed by atoms with Crippen molar-refractivity contribution in [1.82, 2.24) is 4.98 Å². The van der Waals surface area contributed by atoms with E-state index >= 15 is 0 Å². The molecule has 1 atom stereocenters. The maximum Gasteiger partial charge on any atom is 0.250 e. The van der Waals surface area contributed by atoms with Crippen molar-refractivity contribution in [2.24, 2.45) is 0 Å². The number of hydrogen-bond acceptors (Lipinski definition) is 2. The molecule has 0 spiro atoms. The minimum absolute atomic E-state index is 0.265. The first-order valence-electron chi connectivity index (χ1n) is 7.41. The van der Waals surface area contributed by atoms with Crippen molar-refractivity contribution in [3.05, 3.63) is 77.0 Å². The van der Waals surface area contributed by atoms with Gasteiger partial charge in [0.1, 0.15) is 11.9 Å². The topological polar surface area (TPSA) is 42.6 Å². The van der Waals surface area contributed by atoms with Crippen molar-refractivity contribution in [2.75, 3.05) is 0 Å². The second-order valence-electron chi connectivity index (χ2n) is 5.41. The number of rotatable bonds is 5. The number of nitrogens with zero attached hydrogens (tertiary/aromatic N) is 1. The molecular weight excluding hydrogens is 315 g/mol. The van der Waals surface area contributed by atoms with Crippen molar-refractivity contribution in [3.63, 3.8) is 0 Å². The summed E-state index contributed by atoms with van der Waals surface area (Å²) in [6, 6.07) is 14.3. The highest BCUT2D eigenvalue weighted by Crippen LogP contribution is 2.20. The van der Waals surface area contributed by atoms with Gasteiger partial charge in [0.15, 0.2) is 12.3 Å². The van der Waals surface area contributed by atoms with Gasteiger partial charge in [-0.2, -0.15) is 0 Å². The second-order valence-corrected chi connectivity index (χ2v) is 5.84. The predicted molar refractivity (Wildman–Crippen MR) is 87.4 cm³/mol. The summed E-state index contributed by atoms with van der Waals surface area (Å²) in [5.41, 5.74) is 2.01. The molecule has 5 heteroatoms. The molecule has 2 aromatic carbocycles. The molecule has 0 saturated carbocycles. The first-order chi connectivity index (χ1) is 11.1. The van der Waals surface area contributed by atoms with Crippen molar-refractivity contribution < 1.29 is 14.1 Å². The lowest BCUT2D eigenvalue weighted by Crippen LogP contribution is -2.83. The average molecular weight is 332 g/mol. The number of quaternary nitrogens is 1. The minimum Gasteiger partial charge on any atom is -0.435 e. The molecule has 0 bridgehead atoms. The summed E-state index contributed by atoms with van der Waals surface area (Å²) in [5.74, 6) is 1.02. The number of hydrogen-bond donors (Lipinski definition) is 1. The van der Waals surface area contributed by atoms with Gasteiger partial charge < -0.3 is 9.73 Å². The third-order valence-corrected chi connectivity index (χ3v) is 3.98. The van der Waals surface area contributed by atoms with Crippen LogP contribution in [0.3, 0.4) is 0 Å². The molecule has 0 aliphatic rings. The Labute approximate surface area is 139 Å². The molecule has 0 unspecified atom stereocenters. The average Bonchev–Trinajstić information content (AvgIpc) is 3.03. The zero-order valence-corrected chi connectivity index (χ0v) is 13.4. The molecule has 2 N–H and O–H groups in total. The van der Waals surface area contributed by atoms with E-state index in [4.69, 9.17) is 16.0 Å². The van der Waals surface area contributed by atoms with E-state index in [1.807, 2.05) is 24.3 Å². The maximum absolute atomic E-state index is 12.9. The highest BCUT2D eigenvalue weighted by Gasteiger charge is 2.12. The van der Waals surface area contributed by atoms with E-state index in [2.05, 4.69) is 17.2 Å². The summed E-state index contributed by atoms with van der Waals surface area (Å²) in [6.45, 7) is 2.75. The normalized spacial score (nSPS) is 12.3. The summed E-state index contributed by atoms with van der Waals surface area (Å²) < 4.78 is 18.7. The number of nitrogens with two attached hydrogens (primary N) is 1. The molecule has 0 saturated heterocycles. The van der Waals surface area contributed by atoms with Crippen LogP contribution in [0.4, 0.5) is 4.39 Å². The fraction of sp³-hybridized carbons (Fsp3) is 0.167. The predicted octanol–water partition coefficient (Wildman–Crippen LogP) is 3.96. The number of aromatic nitrogens is 1. The van der Waals surface area contributed by atoms with E-state index < -0.39 is 0 Å². The zero-order chi connectivity index (χ0) is 16.2. The molecule has 1 aromatic heterocycles. The van der Waals surface area contributed by atoms with Crippen LogP contribution in [0.25, 0.3) is 11.3 Å². The van der Waals surface area contributed by atoms with Gasteiger partial charge in [-0.15, -0.1) is 0 Å². The van der Waals surface area contributed by atoms with Crippen LogP contribution in [-0.2, 0) is 6.54 Å². The largest absolute Gasteiger partial charge is 0.435 e. The molecule has 0 aliphatic heterocycles. The van der Waals surface area contributed by atoms with Crippen LogP contribution >= 0.6 is 11.6 Å². The first kappa shape index (κ1) is 15.7. The van der Waals surface area contributed by atoms with Crippen LogP contribution in [-0.4, -0.2) is 4.98 Å². The van der Waals surface area contributed by atoms with Crippen LogP contribution < -0.4 is 5.32 Å². The van der Waals surface area contributed by atoms with E-state index in [1.165, 1.54) is 17.7 Å². The molecule has 0 aliphatic carbocycles. The van der Waals surface area contributed by atoms with Crippen LogP contribution in [0.1, 0.15) is 24.4 Å². The molecule has 0 radical (unpaired) electrons. The van der Waals surface area contributed by atoms with Crippen LogP contribution in [0.5, 0.6) is 0 Å². The Balaban J connectivity index is 1.63. The van der Waals surface area contributed by atoms with Crippen molar-refractivity contribution in [3.8, 4) is 11.3 Å². The molecule has 0 fully saturated rings. The SMILES string of the molecule is C[C@@H]([NH2+]Cc1ncc(-c2ccc(F)cc2)o1)c1ccc(Cl)cc1. The molecule has 3 nitrogen and oxygen atoms in total. The fourth-order valence-corrected chi connectivity index (χ4v) is 2.46. The van der Waals surface area contributed by atoms with Gasteiger partial charge in [0.05, 0.1) is 6.20 Å². The standard InChI is InChI=1S/C18H16ClFN2O/c1-12(13-2-6-15(19)7-3-13)21-11-18-22-10-17(23-18)14-4-8-16(20)9-5-14/h2-10,12,21H,11H2,1H3/p+1/t12-/m1/s1. The second kappa shape index (κ2) is 6.94. The molecule has 23 heavy (non-hydrogen) atoms. The van der Waals surface area contributed by atoms with Crippen LogP contribution in [0.2, 0.25) is 5.02 Å². The monoisotopic (exact) mass is 331 g/mol. The van der Waals surface area contributed by atoms with Crippen molar-refractivity contribution >= 4 is 11.6 Å². The van der Waals surface area contributed by atoms with Gasteiger partial charge in [-0.1, -0.05) is 23.7 Å². The third-order valence-electron chi connectivity index (χ3n) is 3.72. The highest BCUT2D eigenvalue weighted by atomic mass is 35.5. The van der Waals surface area contributed by atoms with E-state index in [0.717, 1.165) is 10.6 Å². The van der Waals surface area contributed by atoms with E-state index in [-0.39, 0.29) is 11.9 Å². The Morgan fingerprint density at radius 2 is 1.83 bits per heavy atom. The Hall–Kier alpha value is -2.17. The zero-order valence-electron chi connectivity index (χ0n) is 12.7. The van der Waals surface area contributed by atoms with Gasteiger partial charge in [-0.05, 0) is 43.3 Å². The third kappa shape index (κ3) is 3.97. The van der Waals surface area contributed by atoms with Gasteiger partial charge >= 0.3 is 0 Å². The molecule has 1 heterocycles. The molecular formula is C18H17ClFN2O+. The lowest BCUT2D eigenvalue weighted by molar-refractivity contribution is -0.709. The summed E-state index contributed by atoms with van der Waals surface area (Å²) >= 11 is 5.90. The van der Waals surface area contributed by atoms with E-state index in [9.17, 15) is 4.39 Å². The number of benzene rings is 2. The van der Waals surface area contributed by atoms with Gasteiger partial charge in [0.2, 0.25) is 0 Å². The van der Waals surface area contributed by atoms with Gasteiger partial charge in [-0.25, -0.2) is 9.37 Å². The molecule has 3 rings (SSSR count). The lowest BCUT2D eigenvalue weighted by atomic mass is 10.1. The van der Waals surface area contributed by atoms with Crippen molar-refractivity contribution in [2.45, 2.75) is 19.5 Å². The molecule has 0 amide bonds. The van der Waals surface area contributed by atoms with E-state index in [0.29, 0.717) is 18.2 Å². The van der Waals surface area contributed by atoms with Crippen molar-refractivity contribution in [1.29, 1.82) is 0 Å². The summed E-state index contributed by atoms with van der Waals surface area (Å²) in [7, 11) is 0. The summed E-state index contributed by atoms with van der Waals surface area (Å²) in [5, 5.41) is 2.88. The van der Waals surface area contributed by atoms with Crippen LogP contribution in [0.15, 0.2) is 59.1 Å². The number of oxazole rings is 1. The van der Waals surface area contributed by atoms with E-state index in [1.54, 1.807) is 18.3 Å². The fourth-order valence-electron chi connectivity index (χ4n) is 2.33. The summed E-state index contributed by atoms with van der Waals surface area (Å²) in [6.07, 6.45) is 1.67. The summed E-state index contributed by atoms with van der Waals surface area (Å²) in [4.78, 5) is 4.28. The smallest absolute Gasteiger partial charge is 0.250 e. The Morgan fingerprint density at radius 1 is 1.13 bits per heavy atom. The molecule has 3 aromatic rings. The van der Waals surface area contributed by atoms with Crippen LogP contribution in [0, 0.1) is 5.82 Å². The lowest BCUT2D eigenvalue weighted by Gasteiger charge is -2.09. The quantitative estimate of drug-likeness (QED) is 0.769. The van der Waals surface area contributed by atoms with Gasteiger partial charge in [0.25, 0.3) is 5.89 Å². The Morgan fingerprint density at radius 3 is 2.52 bits per heavy atom. The highest BCUT2D eigenvalue weighted by molar-refractivity contribution is 6.30. The maximum atomic E-state index is 12.9. The van der Waals surface area contributed by atoms with Gasteiger partial charge in [-0.3, -0.25) is 0 Å².